The molecule has 2 nitrogen and oxygen atoms in total. The van der Waals surface area contributed by atoms with E-state index in [0.717, 1.165) is 31.6 Å². The highest BCUT2D eigenvalue weighted by Gasteiger charge is 2.12. The summed E-state index contributed by atoms with van der Waals surface area (Å²) in [5.74, 6) is 0. The predicted octanol–water partition coefficient (Wildman–Crippen LogP) is 3.16. The number of rotatable bonds is 2. The van der Waals surface area contributed by atoms with E-state index >= 15 is 0 Å². The molecule has 0 unspecified atom stereocenters. The Hall–Kier alpha value is -0.440. The summed E-state index contributed by atoms with van der Waals surface area (Å²) in [5.41, 5.74) is 1.01. The Kier molecular flexibility index (Phi) is 3.73. The van der Waals surface area contributed by atoms with Crippen LogP contribution >= 0.6 is 23.2 Å². The lowest BCUT2D eigenvalue weighted by molar-refractivity contribution is 0.479. The minimum Gasteiger partial charge on any atom is -0.382 e. The highest BCUT2D eigenvalue weighted by atomic mass is 35.5. The summed E-state index contributed by atoms with van der Waals surface area (Å²) >= 11 is 11.9. The first-order valence-electron chi connectivity index (χ1n) is 5.17. The van der Waals surface area contributed by atoms with Crippen LogP contribution in [0.15, 0.2) is 18.2 Å². The van der Waals surface area contributed by atoms with Crippen molar-refractivity contribution in [2.45, 2.75) is 18.9 Å². The second-order valence-electron chi connectivity index (χ2n) is 3.83. The summed E-state index contributed by atoms with van der Waals surface area (Å²) in [4.78, 5) is 0. The molecule has 15 heavy (non-hydrogen) atoms. The summed E-state index contributed by atoms with van der Waals surface area (Å²) in [6, 6.07) is 6.10. The quantitative estimate of drug-likeness (QED) is 0.836. The fourth-order valence-electron chi connectivity index (χ4n) is 1.84. The van der Waals surface area contributed by atoms with Gasteiger partial charge in [-0.15, -0.1) is 0 Å². The Labute approximate surface area is 100.0 Å². The van der Waals surface area contributed by atoms with Gasteiger partial charge in [0.05, 0.1) is 0 Å². The maximum atomic E-state index is 5.93. The maximum absolute atomic E-state index is 5.93. The summed E-state index contributed by atoms with van der Waals surface area (Å²) < 4.78 is 0. The molecule has 2 rings (SSSR count). The lowest BCUT2D eigenvalue weighted by atomic mass is 10.1. The Morgan fingerprint density at radius 2 is 1.67 bits per heavy atom. The Balaban J connectivity index is 2.02. The van der Waals surface area contributed by atoms with Crippen molar-refractivity contribution in [2.24, 2.45) is 0 Å². The number of piperidine rings is 1. The smallest absolute Gasteiger partial charge is 0.0441 e. The van der Waals surface area contributed by atoms with Gasteiger partial charge >= 0.3 is 0 Å². The number of halogens is 2. The molecule has 0 saturated carbocycles. The molecular formula is C11H14Cl2N2. The van der Waals surface area contributed by atoms with Gasteiger partial charge in [0.2, 0.25) is 0 Å². The first kappa shape index (κ1) is 11.1. The van der Waals surface area contributed by atoms with Crippen molar-refractivity contribution in [2.75, 3.05) is 18.4 Å². The summed E-state index contributed by atoms with van der Waals surface area (Å²) in [7, 11) is 0. The van der Waals surface area contributed by atoms with Gasteiger partial charge in [-0.3, -0.25) is 0 Å². The molecule has 82 valence electrons. The minimum absolute atomic E-state index is 0.529. The van der Waals surface area contributed by atoms with Crippen LogP contribution in [0.4, 0.5) is 5.69 Å². The average molecular weight is 245 g/mol. The highest BCUT2D eigenvalue weighted by molar-refractivity contribution is 6.35. The molecule has 1 heterocycles. The molecule has 0 bridgehead atoms. The maximum Gasteiger partial charge on any atom is 0.0441 e. The minimum atomic E-state index is 0.529. The van der Waals surface area contributed by atoms with Crippen molar-refractivity contribution in [3.8, 4) is 0 Å². The van der Waals surface area contributed by atoms with E-state index in [4.69, 9.17) is 23.2 Å². The van der Waals surface area contributed by atoms with Gasteiger partial charge < -0.3 is 10.6 Å². The summed E-state index contributed by atoms with van der Waals surface area (Å²) in [6.07, 6.45) is 2.29. The fourth-order valence-corrected chi connectivity index (χ4v) is 2.37. The van der Waals surface area contributed by atoms with Gasteiger partial charge in [-0.2, -0.15) is 0 Å². The Morgan fingerprint density at radius 1 is 1.07 bits per heavy atom. The van der Waals surface area contributed by atoms with E-state index in [1.807, 2.05) is 12.1 Å². The number of hydrogen-bond acceptors (Lipinski definition) is 2. The van der Waals surface area contributed by atoms with E-state index in [1.165, 1.54) is 0 Å². The second kappa shape index (κ2) is 5.06. The molecule has 0 spiro atoms. The second-order valence-corrected chi connectivity index (χ2v) is 4.70. The lowest BCUT2D eigenvalue weighted by Gasteiger charge is -2.24. The first-order valence-corrected chi connectivity index (χ1v) is 5.93. The molecule has 4 heteroatoms. The van der Waals surface area contributed by atoms with E-state index in [9.17, 15) is 0 Å². The van der Waals surface area contributed by atoms with Crippen LogP contribution in [0.2, 0.25) is 10.0 Å². The molecular weight excluding hydrogens is 231 g/mol. The normalized spacial score (nSPS) is 17.7. The van der Waals surface area contributed by atoms with E-state index in [2.05, 4.69) is 10.6 Å². The van der Waals surface area contributed by atoms with Gasteiger partial charge in [-0.1, -0.05) is 23.2 Å². The van der Waals surface area contributed by atoms with Crippen LogP contribution in [0.25, 0.3) is 0 Å². The molecule has 0 atom stereocenters. The van der Waals surface area contributed by atoms with E-state index in [0.29, 0.717) is 16.1 Å². The average Bonchev–Trinajstić information content (AvgIpc) is 2.17. The van der Waals surface area contributed by atoms with Crippen molar-refractivity contribution in [1.82, 2.24) is 5.32 Å². The first-order chi connectivity index (χ1) is 7.24. The highest BCUT2D eigenvalue weighted by Crippen LogP contribution is 2.23. The van der Waals surface area contributed by atoms with E-state index < -0.39 is 0 Å². The van der Waals surface area contributed by atoms with Crippen molar-refractivity contribution in [3.05, 3.63) is 28.2 Å². The van der Waals surface area contributed by atoms with Crippen molar-refractivity contribution in [1.29, 1.82) is 0 Å². The van der Waals surface area contributed by atoms with Crippen LogP contribution in [0.3, 0.4) is 0 Å². The molecule has 0 aromatic heterocycles. The van der Waals surface area contributed by atoms with Gasteiger partial charge in [-0.25, -0.2) is 0 Å². The molecule has 0 radical (unpaired) electrons. The van der Waals surface area contributed by atoms with Crippen LogP contribution in [0.5, 0.6) is 0 Å². The molecule has 1 aromatic carbocycles. The molecule has 1 fully saturated rings. The Morgan fingerprint density at radius 3 is 2.27 bits per heavy atom. The Bertz CT molecular complexity index is 315. The van der Waals surface area contributed by atoms with Crippen molar-refractivity contribution >= 4 is 28.9 Å². The molecule has 1 aromatic rings. The summed E-state index contributed by atoms with van der Waals surface area (Å²) in [5, 5.41) is 8.14. The lowest BCUT2D eigenvalue weighted by Crippen LogP contribution is -2.35. The number of anilines is 1. The van der Waals surface area contributed by atoms with Gasteiger partial charge in [0, 0.05) is 21.8 Å². The van der Waals surface area contributed by atoms with Gasteiger partial charge in [0.1, 0.15) is 0 Å². The van der Waals surface area contributed by atoms with Crippen molar-refractivity contribution in [3.63, 3.8) is 0 Å². The third kappa shape index (κ3) is 3.26. The van der Waals surface area contributed by atoms with E-state index in [1.54, 1.807) is 6.07 Å². The van der Waals surface area contributed by atoms with Gasteiger partial charge in [0.25, 0.3) is 0 Å². The zero-order chi connectivity index (χ0) is 10.7. The van der Waals surface area contributed by atoms with Gasteiger partial charge in [0.15, 0.2) is 0 Å². The number of hydrogen-bond donors (Lipinski definition) is 2. The van der Waals surface area contributed by atoms with Crippen LogP contribution in [0.1, 0.15) is 12.8 Å². The number of benzene rings is 1. The van der Waals surface area contributed by atoms with Crippen LogP contribution < -0.4 is 10.6 Å². The van der Waals surface area contributed by atoms with Gasteiger partial charge in [-0.05, 0) is 44.1 Å². The third-order valence-corrected chi connectivity index (χ3v) is 3.01. The topological polar surface area (TPSA) is 24.1 Å². The van der Waals surface area contributed by atoms with Crippen LogP contribution in [-0.4, -0.2) is 19.1 Å². The summed E-state index contributed by atoms with van der Waals surface area (Å²) in [6.45, 7) is 2.15. The molecule has 0 amide bonds. The SMILES string of the molecule is Clc1cc(Cl)cc(NC2CCNCC2)c1. The molecule has 1 aliphatic rings. The monoisotopic (exact) mass is 244 g/mol. The zero-order valence-corrected chi connectivity index (χ0v) is 9.91. The standard InChI is InChI=1S/C11H14Cl2N2/c12-8-5-9(13)7-11(6-8)15-10-1-3-14-4-2-10/h5-7,10,14-15H,1-4H2. The zero-order valence-electron chi connectivity index (χ0n) is 8.39. The molecule has 2 N–H and O–H groups in total. The molecule has 1 saturated heterocycles. The molecule has 0 aliphatic carbocycles. The van der Waals surface area contributed by atoms with Crippen LogP contribution in [0, 0.1) is 0 Å². The van der Waals surface area contributed by atoms with E-state index in [-0.39, 0.29) is 0 Å². The molecule has 1 aliphatic heterocycles. The predicted molar refractivity (Wildman–Crippen MR) is 66.0 cm³/mol. The largest absolute Gasteiger partial charge is 0.382 e. The van der Waals surface area contributed by atoms with Crippen molar-refractivity contribution < 1.29 is 0 Å². The van der Waals surface area contributed by atoms with Crippen LogP contribution in [-0.2, 0) is 0 Å². The number of nitrogens with one attached hydrogen (secondary N) is 2. The third-order valence-electron chi connectivity index (χ3n) is 2.57. The fraction of sp³-hybridized carbons (Fsp3) is 0.455.